The topological polar surface area (TPSA) is 66.4 Å². The SMILES string of the molecule is CCNC(=NCc1cc(Cl)c2c(c1)OCCO2)N(C)CC(=O)N(CC)CC. The molecule has 1 heterocycles. The third-order valence-corrected chi connectivity index (χ3v) is 4.53. The molecule has 1 aliphatic heterocycles. The lowest BCUT2D eigenvalue weighted by molar-refractivity contribution is -0.131. The number of fused-ring (bicyclic) bond motifs is 1. The van der Waals surface area contributed by atoms with Crippen molar-refractivity contribution in [1.82, 2.24) is 15.1 Å². The summed E-state index contributed by atoms with van der Waals surface area (Å²) in [5.41, 5.74) is 0.920. The number of carbonyl (C=O) groups excluding carboxylic acids is 1. The highest BCUT2D eigenvalue weighted by Crippen LogP contribution is 2.38. The average Bonchev–Trinajstić information content (AvgIpc) is 2.66. The Bertz CT molecular complexity index is 677. The number of amides is 1. The predicted octanol–water partition coefficient (Wildman–Crippen LogP) is 2.38. The number of ether oxygens (including phenoxy) is 2. The summed E-state index contributed by atoms with van der Waals surface area (Å²) in [7, 11) is 1.86. The lowest BCUT2D eigenvalue weighted by atomic mass is 10.2. The molecule has 0 saturated heterocycles. The van der Waals surface area contributed by atoms with Crippen LogP contribution < -0.4 is 14.8 Å². The summed E-state index contributed by atoms with van der Waals surface area (Å²) in [6.07, 6.45) is 0. The molecule has 1 aromatic carbocycles. The number of guanidine groups is 1. The van der Waals surface area contributed by atoms with Crippen LogP contribution in [0.2, 0.25) is 5.02 Å². The van der Waals surface area contributed by atoms with Crippen LogP contribution in [0.15, 0.2) is 17.1 Å². The average molecular weight is 397 g/mol. The van der Waals surface area contributed by atoms with Crippen molar-refractivity contribution in [1.29, 1.82) is 0 Å². The van der Waals surface area contributed by atoms with E-state index in [1.54, 1.807) is 4.90 Å². The monoisotopic (exact) mass is 396 g/mol. The van der Waals surface area contributed by atoms with Gasteiger partial charge in [0.05, 0.1) is 18.1 Å². The summed E-state index contributed by atoms with van der Waals surface area (Å²) >= 11 is 6.29. The first-order chi connectivity index (χ1) is 13.0. The molecule has 0 spiro atoms. The second-order valence-corrected chi connectivity index (χ2v) is 6.60. The van der Waals surface area contributed by atoms with Gasteiger partial charge in [0.25, 0.3) is 0 Å². The Morgan fingerprint density at radius 1 is 1.22 bits per heavy atom. The maximum Gasteiger partial charge on any atom is 0.242 e. The molecule has 0 bridgehead atoms. The molecule has 1 aromatic rings. The Morgan fingerprint density at radius 2 is 1.93 bits per heavy atom. The molecule has 2 rings (SSSR count). The molecular weight excluding hydrogens is 368 g/mol. The van der Waals surface area contributed by atoms with Gasteiger partial charge in [0.1, 0.15) is 13.2 Å². The summed E-state index contributed by atoms with van der Waals surface area (Å²) in [5, 5.41) is 3.75. The number of nitrogens with zero attached hydrogens (tertiary/aromatic N) is 3. The third kappa shape index (κ3) is 5.66. The first-order valence-electron chi connectivity index (χ1n) is 9.35. The van der Waals surface area contributed by atoms with Crippen LogP contribution in [0.25, 0.3) is 0 Å². The zero-order valence-corrected chi connectivity index (χ0v) is 17.3. The molecule has 0 atom stereocenters. The van der Waals surface area contributed by atoms with Crippen LogP contribution in [-0.2, 0) is 11.3 Å². The minimum atomic E-state index is 0.0791. The highest BCUT2D eigenvalue weighted by Gasteiger charge is 2.18. The van der Waals surface area contributed by atoms with E-state index in [2.05, 4.69) is 10.3 Å². The molecule has 0 saturated carbocycles. The van der Waals surface area contributed by atoms with Gasteiger partial charge in [0, 0.05) is 26.7 Å². The Balaban J connectivity index is 2.10. The molecule has 0 radical (unpaired) electrons. The van der Waals surface area contributed by atoms with Crippen LogP contribution in [-0.4, -0.2) is 68.1 Å². The van der Waals surface area contributed by atoms with Crippen molar-refractivity contribution in [2.75, 3.05) is 46.4 Å². The lowest BCUT2D eigenvalue weighted by Crippen LogP contribution is -2.45. The number of hydrogen-bond donors (Lipinski definition) is 1. The molecule has 27 heavy (non-hydrogen) atoms. The Kier molecular flexibility index (Phi) is 8.03. The second-order valence-electron chi connectivity index (χ2n) is 6.19. The van der Waals surface area contributed by atoms with E-state index < -0.39 is 0 Å². The van der Waals surface area contributed by atoms with E-state index in [1.165, 1.54) is 0 Å². The van der Waals surface area contributed by atoms with Crippen LogP contribution >= 0.6 is 11.6 Å². The van der Waals surface area contributed by atoms with E-state index in [-0.39, 0.29) is 12.5 Å². The smallest absolute Gasteiger partial charge is 0.242 e. The maximum atomic E-state index is 12.4. The molecular formula is C19H29ClN4O3. The van der Waals surface area contributed by atoms with Gasteiger partial charge in [0.15, 0.2) is 17.5 Å². The Morgan fingerprint density at radius 3 is 2.59 bits per heavy atom. The number of halogens is 1. The van der Waals surface area contributed by atoms with Crippen molar-refractivity contribution in [3.63, 3.8) is 0 Å². The van der Waals surface area contributed by atoms with Gasteiger partial charge >= 0.3 is 0 Å². The van der Waals surface area contributed by atoms with Gasteiger partial charge < -0.3 is 24.6 Å². The summed E-state index contributed by atoms with van der Waals surface area (Å²) in [6.45, 7) is 9.77. The van der Waals surface area contributed by atoms with E-state index in [9.17, 15) is 4.79 Å². The van der Waals surface area contributed by atoms with Crippen molar-refractivity contribution in [2.24, 2.45) is 4.99 Å². The van der Waals surface area contributed by atoms with Gasteiger partial charge in [-0.05, 0) is 38.5 Å². The van der Waals surface area contributed by atoms with Crippen molar-refractivity contribution in [3.05, 3.63) is 22.7 Å². The lowest BCUT2D eigenvalue weighted by Gasteiger charge is -2.25. The molecule has 0 aliphatic carbocycles. The molecule has 1 N–H and O–H groups in total. The molecule has 0 unspecified atom stereocenters. The fraction of sp³-hybridized carbons (Fsp3) is 0.579. The predicted molar refractivity (Wildman–Crippen MR) is 108 cm³/mol. The zero-order chi connectivity index (χ0) is 19.8. The van der Waals surface area contributed by atoms with Gasteiger partial charge in [-0.1, -0.05) is 11.6 Å². The van der Waals surface area contributed by atoms with Gasteiger partial charge in [-0.3, -0.25) is 4.79 Å². The molecule has 7 nitrogen and oxygen atoms in total. The van der Waals surface area contributed by atoms with Crippen LogP contribution in [0, 0.1) is 0 Å². The molecule has 1 amide bonds. The summed E-state index contributed by atoms with van der Waals surface area (Å²) in [6, 6.07) is 3.73. The van der Waals surface area contributed by atoms with Crippen LogP contribution in [0.4, 0.5) is 0 Å². The molecule has 8 heteroatoms. The van der Waals surface area contributed by atoms with Gasteiger partial charge in [-0.25, -0.2) is 4.99 Å². The summed E-state index contributed by atoms with van der Waals surface area (Å²) < 4.78 is 11.2. The number of rotatable bonds is 7. The number of likely N-dealkylation sites (N-methyl/N-ethyl adjacent to an activating group) is 2. The quantitative estimate of drug-likeness (QED) is 0.566. The van der Waals surface area contributed by atoms with Gasteiger partial charge in [0.2, 0.25) is 5.91 Å². The molecule has 0 aromatic heterocycles. The van der Waals surface area contributed by atoms with E-state index in [1.807, 2.05) is 44.9 Å². The van der Waals surface area contributed by atoms with Crippen LogP contribution in [0.5, 0.6) is 11.5 Å². The largest absolute Gasteiger partial charge is 0.486 e. The fourth-order valence-electron chi connectivity index (χ4n) is 2.85. The molecule has 150 valence electrons. The Labute approximate surface area is 166 Å². The van der Waals surface area contributed by atoms with Crippen molar-refractivity contribution in [2.45, 2.75) is 27.3 Å². The van der Waals surface area contributed by atoms with Crippen LogP contribution in [0.1, 0.15) is 26.3 Å². The van der Waals surface area contributed by atoms with Crippen molar-refractivity contribution < 1.29 is 14.3 Å². The molecule has 1 aliphatic rings. The number of carbonyl (C=O) groups is 1. The maximum absolute atomic E-state index is 12.4. The number of nitrogens with one attached hydrogen (secondary N) is 1. The number of benzene rings is 1. The standard InChI is InChI=1S/C19H29ClN4O3/c1-5-21-19(23(4)13-17(25)24(6-2)7-3)22-12-14-10-15(20)18-16(11-14)26-8-9-27-18/h10-11H,5-9,12-13H2,1-4H3,(H,21,22). The number of aliphatic imine (C=N–C) groups is 1. The van der Waals surface area contributed by atoms with Crippen molar-refractivity contribution in [3.8, 4) is 11.5 Å². The van der Waals surface area contributed by atoms with E-state index in [4.69, 9.17) is 21.1 Å². The Hall–Kier alpha value is -2.15. The van der Waals surface area contributed by atoms with E-state index in [0.717, 1.165) is 5.56 Å². The zero-order valence-electron chi connectivity index (χ0n) is 16.5. The van der Waals surface area contributed by atoms with Gasteiger partial charge in [-0.2, -0.15) is 0 Å². The summed E-state index contributed by atoms with van der Waals surface area (Å²) in [5.74, 6) is 1.98. The third-order valence-electron chi connectivity index (χ3n) is 4.25. The molecule has 0 fully saturated rings. The minimum Gasteiger partial charge on any atom is -0.486 e. The highest BCUT2D eigenvalue weighted by atomic mass is 35.5. The highest BCUT2D eigenvalue weighted by molar-refractivity contribution is 6.32. The van der Waals surface area contributed by atoms with E-state index in [0.29, 0.717) is 61.9 Å². The minimum absolute atomic E-state index is 0.0791. The first-order valence-corrected chi connectivity index (χ1v) is 9.73. The normalized spacial score (nSPS) is 13.3. The van der Waals surface area contributed by atoms with Gasteiger partial charge in [-0.15, -0.1) is 0 Å². The number of hydrogen-bond acceptors (Lipinski definition) is 4. The summed E-state index contributed by atoms with van der Waals surface area (Å²) in [4.78, 5) is 20.6. The van der Waals surface area contributed by atoms with E-state index >= 15 is 0 Å². The fourth-order valence-corrected chi connectivity index (χ4v) is 3.13. The van der Waals surface area contributed by atoms with Crippen molar-refractivity contribution >= 4 is 23.5 Å². The van der Waals surface area contributed by atoms with Crippen LogP contribution in [0.3, 0.4) is 0 Å². The second kappa shape index (κ2) is 10.3. The first kappa shape index (κ1) is 21.2.